The predicted octanol–water partition coefficient (Wildman–Crippen LogP) is 3.03. The minimum Gasteiger partial charge on any atom is -0.467 e. The van der Waals surface area contributed by atoms with Gasteiger partial charge in [-0.2, -0.15) is 9.78 Å². The Labute approximate surface area is 231 Å². The summed E-state index contributed by atoms with van der Waals surface area (Å²) >= 11 is 0. The van der Waals surface area contributed by atoms with Gasteiger partial charge >= 0.3 is 0 Å². The van der Waals surface area contributed by atoms with E-state index in [1.54, 1.807) is 11.8 Å². The van der Waals surface area contributed by atoms with Crippen molar-refractivity contribution in [3.63, 3.8) is 0 Å². The van der Waals surface area contributed by atoms with Gasteiger partial charge in [-0.05, 0) is 30.7 Å². The normalized spacial score (nSPS) is 19.2. The van der Waals surface area contributed by atoms with Crippen molar-refractivity contribution in [1.82, 2.24) is 29.7 Å². The van der Waals surface area contributed by atoms with Crippen LogP contribution in [0, 0.1) is 12.7 Å². The summed E-state index contributed by atoms with van der Waals surface area (Å²) in [5.41, 5.74) is 3.15. The lowest BCUT2D eigenvalue weighted by molar-refractivity contribution is -0.126. The lowest BCUT2D eigenvalue weighted by Crippen LogP contribution is -2.46. The van der Waals surface area contributed by atoms with E-state index in [-0.39, 0.29) is 38.2 Å². The van der Waals surface area contributed by atoms with Crippen molar-refractivity contribution in [2.45, 2.75) is 31.9 Å². The number of aryl methyl sites for hydroxylation is 1. The summed E-state index contributed by atoms with van der Waals surface area (Å²) in [7, 11) is 0. The summed E-state index contributed by atoms with van der Waals surface area (Å²) in [5, 5.41) is 7.67. The van der Waals surface area contributed by atoms with Gasteiger partial charge in [-0.1, -0.05) is 18.2 Å². The van der Waals surface area contributed by atoms with Crippen LogP contribution < -0.4 is 15.0 Å². The first-order valence-electron chi connectivity index (χ1n) is 12.9. The van der Waals surface area contributed by atoms with Gasteiger partial charge in [0, 0.05) is 28.8 Å². The lowest BCUT2D eigenvalue weighted by Gasteiger charge is -2.33. The zero-order valence-corrected chi connectivity index (χ0v) is 21.6. The number of hydrogen-bond acceptors (Lipinski definition) is 8. The lowest BCUT2D eigenvalue weighted by atomic mass is 9.70. The fourth-order valence-electron chi connectivity index (χ4n) is 6.36. The number of nitrogens with zero attached hydrogens (tertiary/aromatic N) is 6. The topological polar surface area (TPSA) is 140 Å². The van der Waals surface area contributed by atoms with Gasteiger partial charge in [0.05, 0.1) is 25.2 Å². The molecule has 2 aromatic carbocycles. The smallest absolute Gasteiger partial charge is 0.243 e. The number of benzene rings is 2. The molecule has 13 heteroatoms. The number of carbonyl (C=O) groups is 2. The van der Waals surface area contributed by atoms with E-state index < -0.39 is 11.2 Å². The van der Waals surface area contributed by atoms with Crippen molar-refractivity contribution in [3.8, 4) is 11.6 Å². The zero-order valence-electron chi connectivity index (χ0n) is 21.6. The summed E-state index contributed by atoms with van der Waals surface area (Å²) in [6.45, 7) is 2.09. The second kappa shape index (κ2) is 8.41. The van der Waals surface area contributed by atoms with Crippen LogP contribution in [0.4, 0.5) is 15.9 Å². The summed E-state index contributed by atoms with van der Waals surface area (Å²) in [5.74, 6) is 0.132. The molecule has 6 heterocycles. The number of hydrogen-bond donors (Lipinski definition) is 2. The minimum absolute atomic E-state index is 0.0364. The summed E-state index contributed by atoms with van der Waals surface area (Å²) in [4.78, 5) is 45.5. The number of aromatic amines is 1. The summed E-state index contributed by atoms with van der Waals surface area (Å²) < 4.78 is 27.2. The number of fused-ring (bicyclic) bond motifs is 6. The highest BCUT2D eigenvalue weighted by molar-refractivity contribution is 6.16. The molecule has 0 unspecified atom stereocenters. The molecule has 0 radical (unpaired) electrons. The van der Waals surface area contributed by atoms with E-state index in [1.165, 1.54) is 29.5 Å². The summed E-state index contributed by atoms with van der Waals surface area (Å²) in [6.07, 6.45) is 2.75. The highest BCUT2D eigenvalue weighted by Crippen LogP contribution is 2.54. The number of amides is 2. The molecule has 1 spiro atoms. The van der Waals surface area contributed by atoms with E-state index in [1.807, 2.05) is 24.3 Å². The molecule has 0 aliphatic carbocycles. The van der Waals surface area contributed by atoms with Crippen LogP contribution in [0.2, 0.25) is 0 Å². The molecule has 5 aromatic rings. The molecule has 3 aliphatic rings. The van der Waals surface area contributed by atoms with Crippen molar-refractivity contribution in [2.75, 3.05) is 17.0 Å². The molecule has 3 aromatic heterocycles. The number of halogens is 1. The van der Waals surface area contributed by atoms with Gasteiger partial charge in [0.15, 0.2) is 18.3 Å². The van der Waals surface area contributed by atoms with Gasteiger partial charge in [0.1, 0.15) is 34.6 Å². The average Bonchev–Trinajstić information content (AvgIpc) is 3.64. The molecule has 0 fully saturated rings. The predicted molar refractivity (Wildman–Crippen MR) is 142 cm³/mol. The monoisotopic (exact) mass is 552 g/mol. The third-order valence-corrected chi connectivity index (χ3v) is 7.92. The first-order chi connectivity index (χ1) is 20.0. The Kier molecular flexibility index (Phi) is 4.86. The van der Waals surface area contributed by atoms with Crippen molar-refractivity contribution < 1.29 is 23.5 Å². The molecule has 2 N–H and O–H groups in total. The van der Waals surface area contributed by atoms with E-state index in [0.29, 0.717) is 62.2 Å². The van der Waals surface area contributed by atoms with Crippen LogP contribution in [0.5, 0.6) is 5.75 Å². The Balaban J connectivity index is 1.32. The first kappa shape index (κ1) is 23.7. The Morgan fingerprint density at radius 2 is 2.02 bits per heavy atom. The Morgan fingerprint density at radius 1 is 1.15 bits per heavy atom. The summed E-state index contributed by atoms with van der Waals surface area (Å²) in [6, 6.07) is 10.1. The van der Waals surface area contributed by atoms with Gasteiger partial charge in [-0.15, -0.1) is 0 Å². The number of ether oxygens (including phenoxy) is 2. The molecule has 41 heavy (non-hydrogen) atoms. The molecule has 1 atom stereocenters. The molecule has 3 aliphatic heterocycles. The van der Waals surface area contributed by atoms with E-state index in [9.17, 15) is 14.0 Å². The van der Waals surface area contributed by atoms with Gasteiger partial charge in [-0.3, -0.25) is 9.59 Å². The van der Waals surface area contributed by atoms with E-state index in [0.717, 1.165) is 0 Å². The minimum atomic E-state index is -1.35. The van der Waals surface area contributed by atoms with E-state index in [4.69, 9.17) is 14.6 Å². The van der Waals surface area contributed by atoms with Crippen molar-refractivity contribution in [1.29, 1.82) is 0 Å². The van der Waals surface area contributed by atoms with Crippen LogP contribution in [0.25, 0.3) is 17.0 Å². The number of imidazole rings is 1. The van der Waals surface area contributed by atoms with Gasteiger partial charge in [0.25, 0.3) is 0 Å². The van der Waals surface area contributed by atoms with Crippen LogP contribution in [0.15, 0.2) is 49.1 Å². The number of rotatable bonds is 3. The number of H-pyrrole nitrogens is 1. The van der Waals surface area contributed by atoms with Gasteiger partial charge in [0.2, 0.25) is 11.8 Å². The Hall–Kier alpha value is -5.17. The maximum Gasteiger partial charge on any atom is 0.243 e. The van der Waals surface area contributed by atoms with Crippen molar-refractivity contribution >= 4 is 34.5 Å². The number of para-hydroxylation sites is 1. The second-order valence-electron chi connectivity index (χ2n) is 10.2. The molecule has 0 bridgehead atoms. The molecular formula is C28H21FN8O4. The highest BCUT2D eigenvalue weighted by atomic mass is 19.1. The third kappa shape index (κ3) is 3.23. The van der Waals surface area contributed by atoms with Crippen LogP contribution >= 0.6 is 0 Å². The van der Waals surface area contributed by atoms with Crippen LogP contribution in [0.1, 0.15) is 34.4 Å². The van der Waals surface area contributed by atoms with Crippen LogP contribution in [0.3, 0.4) is 0 Å². The molecule has 204 valence electrons. The molecule has 0 saturated carbocycles. The standard InChI is InChI=1S/C28H21FN8O4/c1-14-21-25(37(35-14)26-22-24(31-11-30-22)32-12-33-26)34-20(38)8-28(21)18-4-2-3-5-19(18)36(27(28)39)9-15-6-17(29)7-16-10-40-13-41-23(15)16/h2-7,11-12H,8-10,13H2,1H3,(H,34,38)(H,30,31,32,33)/t28-/m0/s1. The van der Waals surface area contributed by atoms with E-state index >= 15 is 0 Å². The number of anilines is 2. The fraction of sp³-hybridized carbons (Fsp3) is 0.214. The van der Waals surface area contributed by atoms with Crippen molar-refractivity contribution in [3.05, 3.63) is 82.8 Å². The maximum absolute atomic E-state index is 14.7. The molecule has 2 amide bonds. The van der Waals surface area contributed by atoms with Crippen LogP contribution in [-0.2, 0) is 32.9 Å². The number of aromatic nitrogens is 6. The van der Waals surface area contributed by atoms with Crippen LogP contribution in [-0.4, -0.2) is 48.3 Å². The first-order valence-corrected chi connectivity index (χ1v) is 12.9. The van der Waals surface area contributed by atoms with Gasteiger partial charge < -0.3 is 24.7 Å². The third-order valence-electron chi connectivity index (χ3n) is 7.92. The highest BCUT2D eigenvalue weighted by Gasteiger charge is 2.58. The Morgan fingerprint density at radius 3 is 2.93 bits per heavy atom. The second-order valence-corrected chi connectivity index (χ2v) is 10.2. The number of nitrogens with one attached hydrogen (secondary N) is 2. The molecular weight excluding hydrogens is 531 g/mol. The maximum atomic E-state index is 14.7. The molecule has 12 nitrogen and oxygen atoms in total. The Bertz CT molecular complexity index is 1930. The van der Waals surface area contributed by atoms with Gasteiger partial charge in [-0.25, -0.2) is 19.3 Å². The quantitative estimate of drug-likeness (QED) is 0.348. The average molecular weight is 553 g/mol. The van der Waals surface area contributed by atoms with Crippen molar-refractivity contribution in [2.24, 2.45) is 0 Å². The number of carbonyl (C=O) groups excluding carboxylic acids is 2. The molecule has 0 saturated heterocycles. The van der Waals surface area contributed by atoms with E-state index in [2.05, 4.69) is 25.3 Å². The fourth-order valence-corrected chi connectivity index (χ4v) is 6.36. The zero-order chi connectivity index (χ0) is 27.9. The SMILES string of the molecule is Cc1nn(-c2ncnc3nc[nH]c23)c2c1[C@@]1(CC(=O)N2)C(=O)N(Cc2cc(F)cc3c2OCOC3)c2ccccc21. The molecule has 8 rings (SSSR count). The largest absolute Gasteiger partial charge is 0.467 e.